The van der Waals surface area contributed by atoms with Crippen molar-refractivity contribution in [1.29, 1.82) is 0 Å². The van der Waals surface area contributed by atoms with Gasteiger partial charge in [-0.15, -0.1) is 0 Å². The lowest BCUT2D eigenvalue weighted by Crippen LogP contribution is -2.44. The van der Waals surface area contributed by atoms with Crippen molar-refractivity contribution in [3.05, 3.63) is 11.6 Å². The van der Waals surface area contributed by atoms with Gasteiger partial charge in [-0.1, -0.05) is 13.0 Å². The van der Waals surface area contributed by atoms with Crippen molar-refractivity contribution in [3.8, 4) is 0 Å². The number of allylic oxidation sites excluding steroid dienone is 1. The first-order chi connectivity index (χ1) is 5.71. The summed E-state index contributed by atoms with van der Waals surface area (Å²) >= 11 is 0. The van der Waals surface area contributed by atoms with Gasteiger partial charge in [-0.3, -0.25) is 0 Å². The minimum absolute atomic E-state index is 0.375. The van der Waals surface area contributed by atoms with E-state index in [9.17, 15) is 5.11 Å². The summed E-state index contributed by atoms with van der Waals surface area (Å²) in [5.74, 6) is 0.734. The molecule has 12 heavy (non-hydrogen) atoms. The molecule has 0 aliphatic heterocycles. The fourth-order valence-corrected chi connectivity index (χ4v) is 2.62. The van der Waals surface area contributed by atoms with Crippen LogP contribution in [0.5, 0.6) is 0 Å². The molecule has 1 saturated carbocycles. The van der Waals surface area contributed by atoms with E-state index >= 15 is 0 Å². The second kappa shape index (κ2) is 2.88. The number of rotatable bonds is 1. The molecule has 0 spiro atoms. The van der Waals surface area contributed by atoms with E-state index in [2.05, 4.69) is 13.0 Å². The predicted octanol–water partition coefficient (Wildman–Crippen LogP) is 2.65. The molecule has 1 heteroatoms. The lowest BCUT2D eigenvalue weighted by Gasteiger charge is -2.45. The van der Waals surface area contributed by atoms with Gasteiger partial charge in [-0.2, -0.15) is 0 Å². The zero-order valence-electron chi connectivity index (χ0n) is 7.84. The first-order valence-electron chi connectivity index (χ1n) is 5.13. The molecule has 0 bridgehead atoms. The summed E-state index contributed by atoms with van der Waals surface area (Å²) in [5.41, 5.74) is 0.965. The van der Waals surface area contributed by atoms with E-state index in [1.165, 1.54) is 24.8 Å². The lowest BCUT2D eigenvalue weighted by atomic mass is 9.66. The normalized spacial score (nSPS) is 41.8. The third kappa shape index (κ3) is 1.31. The molecule has 0 aromatic heterocycles. The summed E-state index contributed by atoms with van der Waals surface area (Å²) < 4.78 is 0. The van der Waals surface area contributed by atoms with Gasteiger partial charge in [-0.25, -0.2) is 0 Å². The maximum Gasteiger partial charge on any atom is 0.0861 e. The Morgan fingerprint density at radius 2 is 2.17 bits per heavy atom. The minimum Gasteiger partial charge on any atom is -0.385 e. The zero-order chi connectivity index (χ0) is 8.60. The highest BCUT2D eigenvalue weighted by molar-refractivity contribution is 5.22. The van der Waals surface area contributed by atoms with Crippen LogP contribution in [0.25, 0.3) is 0 Å². The highest BCUT2D eigenvalue weighted by Crippen LogP contribution is 2.45. The fraction of sp³-hybridized carbons (Fsp3) is 0.818. The second-order valence-electron chi connectivity index (χ2n) is 4.52. The Morgan fingerprint density at radius 3 is 2.67 bits per heavy atom. The second-order valence-corrected chi connectivity index (χ2v) is 4.52. The number of hydrogen-bond donors (Lipinski definition) is 1. The summed E-state index contributed by atoms with van der Waals surface area (Å²) in [6.45, 7) is 2.22. The molecule has 0 amide bonds. The smallest absolute Gasteiger partial charge is 0.0861 e. The Kier molecular flexibility index (Phi) is 1.99. The third-order valence-corrected chi connectivity index (χ3v) is 3.26. The average Bonchev–Trinajstić information content (AvgIpc) is 2.04. The molecular formula is C11H18O. The van der Waals surface area contributed by atoms with Gasteiger partial charge in [0.15, 0.2) is 0 Å². The summed E-state index contributed by atoms with van der Waals surface area (Å²) in [6, 6.07) is 0. The average molecular weight is 166 g/mol. The lowest BCUT2D eigenvalue weighted by molar-refractivity contribution is -0.0380. The molecular weight excluding hydrogens is 148 g/mol. The number of hydrogen-bond acceptors (Lipinski definition) is 1. The van der Waals surface area contributed by atoms with Gasteiger partial charge in [0.2, 0.25) is 0 Å². The molecule has 0 heterocycles. The van der Waals surface area contributed by atoms with E-state index < -0.39 is 0 Å². The topological polar surface area (TPSA) is 20.2 Å². The standard InChI is InChI=1S/C11H18O/c1-9-7-11(12,8-9)10-5-3-2-4-6-10/h5,9,12H,2-4,6-8H2,1H3. The Balaban J connectivity index is 2.03. The molecule has 0 radical (unpaired) electrons. The van der Waals surface area contributed by atoms with E-state index in [0.29, 0.717) is 0 Å². The molecule has 1 nitrogen and oxygen atoms in total. The third-order valence-electron chi connectivity index (χ3n) is 3.26. The minimum atomic E-state index is -0.375. The highest BCUT2D eigenvalue weighted by Gasteiger charge is 2.42. The molecule has 0 atom stereocenters. The summed E-state index contributed by atoms with van der Waals surface area (Å²) in [4.78, 5) is 0. The molecule has 2 aliphatic carbocycles. The van der Waals surface area contributed by atoms with Gasteiger partial charge in [0, 0.05) is 0 Å². The largest absolute Gasteiger partial charge is 0.385 e. The van der Waals surface area contributed by atoms with Crippen molar-refractivity contribution < 1.29 is 5.11 Å². The van der Waals surface area contributed by atoms with Gasteiger partial charge in [0.1, 0.15) is 0 Å². The van der Waals surface area contributed by atoms with Crippen LogP contribution in [0, 0.1) is 5.92 Å². The van der Waals surface area contributed by atoms with Gasteiger partial charge in [-0.05, 0) is 50.0 Å². The highest BCUT2D eigenvalue weighted by atomic mass is 16.3. The molecule has 2 aliphatic rings. The van der Waals surface area contributed by atoms with Crippen LogP contribution in [0.4, 0.5) is 0 Å². The molecule has 68 valence electrons. The van der Waals surface area contributed by atoms with E-state index in [0.717, 1.165) is 25.2 Å². The predicted molar refractivity (Wildman–Crippen MR) is 49.9 cm³/mol. The van der Waals surface area contributed by atoms with Crippen molar-refractivity contribution in [3.63, 3.8) is 0 Å². The van der Waals surface area contributed by atoms with Crippen molar-refractivity contribution in [2.45, 2.75) is 51.0 Å². The van der Waals surface area contributed by atoms with Crippen LogP contribution >= 0.6 is 0 Å². The Bertz CT molecular complexity index is 199. The summed E-state index contributed by atoms with van der Waals surface area (Å²) in [5, 5.41) is 10.1. The van der Waals surface area contributed by atoms with Crippen LogP contribution in [0.2, 0.25) is 0 Å². The number of aliphatic hydroxyl groups is 1. The van der Waals surface area contributed by atoms with Crippen molar-refractivity contribution >= 4 is 0 Å². The maximum atomic E-state index is 10.1. The van der Waals surface area contributed by atoms with Crippen molar-refractivity contribution in [1.82, 2.24) is 0 Å². The Hall–Kier alpha value is -0.300. The maximum absolute atomic E-state index is 10.1. The SMILES string of the molecule is CC1CC(O)(C2=CCCCC2)C1. The van der Waals surface area contributed by atoms with Gasteiger partial charge in [0.25, 0.3) is 0 Å². The molecule has 0 aromatic rings. The van der Waals surface area contributed by atoms with Crippen LogP contribution in [-0.2, 0) is 0 Å². The molecule has 0 saturated heterocycles. The van der Waals surface area contributed by atoms with Crippen LogP contribution in [-0.4, -0.2) is 10.7 Å². The van der Waals surface area contributed by atoms with Gasteiger partial charge >= 0.3 is 0 Å². The van der Waals surface area contributed by atoms with Crippen LogP contribution < -0.4 is 0 Å². The van der Waals surface area contributed by atoms with Crippen LogP contribution in [0.1, 0.15) is 45.4 Å². The van der Waals surface area contributed by atoms with Crippen LogP contribution in [0.15, 0.2) is 11.6 Å². The fourth-order valence-electron chi connectivity index (χ4n) is 2.62. The molecule has 1 N–H and O–H groups in total. The molecule has 2 rings (SSSR count). The van der Waals surface area contributed by atoms with E-state index in [1.807, 2.05) is 0 Å². The first-order valence-corrected chi connectivity index (χ1v) is 5.13. The first kappa shape index (κ1) is 8.31. The summed E-state index contributed by atoms with van der Waals surface area (Å²) in [7, 11) is 0. The molecule has 0 unspecified atom stereocenters. The van der Waals surface area contributed by atoms with Crippen molar-refractivity contribution in [2.24, 2.45) is 5.92 Å². The van der Waals surface area contributed by atoms with Gasteiger partial charge < -0.3 is 5.11 Å². The van der Waals surface area contributed by atoms with Crippen molar-refractivity contribution in [2.75, 3.05) is 0 Å². The van der Waals surface area contributed by atoms with Crippen LogP contribution in [0.3, 0.4) is 0 Å². The molecule has 1 fully saturated rings. The van der Waals surface area contributed by atoms with E-state index in [-0.39, 0.29) is 5.60 Å². The van der Waals surface area contributed by atoms with Gasteiger partial charge in [0.05, 0.1) is 5.60 Å². The quantitative estimate of drug-likeness (QED) is 0.594. The summed E-state index contributed by atoms with van der Waals surface area (Å²) in [6.07, 6.45) is 9.19. The Labute approximate surface area is 74.5 Å². The molecule has 0 aromatic carbocycles. The Morgan fingerprint density at radius 1 is 1.42 bits per heavy atom. The monoisotopic (exact) mass is 166 g/mol. The zero-order valence-corrected chi connectivity index (χ0v) is 7.84. The van der Waals surface area contributed by atoms with E-state index in [4.69, 9.17) is 0 Å². The van der Waals surface area contributed by atoms with E-state index in [1.54, 1.807) is 0 Å².